The van der Waals surface area contributed by atoms with Crippen LogP contribution in [0.4, 0.5) is 10.3 Å². The summed E-state index contributed by atoms with van der Waals surface area (Å²) in [6, 6.07) is 1.58. The second kappa shape index (κ2) is 7.25. The molecule has 25 heavy (non-hydrogen) atoms. The van der Waals surface area contributed by atoms with Crippen molar-refractivity contribution in [2.24, 2.45) is 5.41 Å². The molecule has 2 aromatic heterocycles. The smallest absolute Gasteiger partial charge is 0.238 e. The number of halogens is 1. The van der Waals surface area contributed by atoms with Crippen LogP contribution in [-0.4, -0.2) is 39.0 Å². The molecule has 0 radical (unpaired) electrons. The van der Waals surface area contributed by atoms with Crippen molar-refractivity contribution in [2.45, 2.75) is 58.0 Å². The van der Waals surface area contributed by atoms with Crippen molar-refractivity contribution in [1.29, 1.82) is 0 Å². The summed E-state index contributed by atoms with van der Waals surface area (Å²) in [5, 5.41) is 12.9. The Balaban J connectivity index is 0.000000219. The normalized spacial score (nSPS) is 25.6. The van der Waals surface area contributed by atoms with Gasteiger partial charge in [-0.2, -0.15) is 0 Å². The van der Waals surface area contributed by atoms with Gasteiger partial charge in [0.05, 0.1) is 18.9 Å². The van der Waals surface area contributed by atoms with Crippen molar-refractivity contribution >= 4 is 11.5 Å². The number of hydrogen-bond donors (Lipinski definition) is 2. The van der Waals surface area contributed by atoms with E-state index in [1.165, 1.54) is 12.6 Å². The second-order valence-corrected chi connectivity index (χ2v) is 7.63. The maximum atomic E-state index is 13.9. The Kier molecular flexibility index (Phi) is 5.24. The minimum Gasteiger partial charge on any atom is -0.391 e. The number of rotatable bonds is 1. The Labute approximate surface area is 147 Å². The third kappa shape index (κ3) is 3.93. The molecule has 0 aromatic carbocycles. The van der Waals surface area contributed by atoms with Crippen molar-refractivity contribution in [3.8, 4) is 0 Å². The van der Waals surface area contributed by atoms with Crippen LogP contribution in [0.2, 0.25) is 0 Å². The van der Waals surface area contributed by atoms with Crippen LogP contribution in [0.1, 0.15) is 57.6 Å². The van der Waals surface area contributed by atoms with Crippen LogP contribution in [0.25, 0.3) is 5.52 Å². The lowest BCUT2D eigenvalue weighted by molar-refractivity contribution is -0.00535. The summed E-state index contributed by atoms with van der Waals surface area (Å²) in [4.78, 5) is 3.85. The van der Waals surface area contributed by atoms with Crippen molar-refractivity contribution in [3.05, 3.63) is 23.8 Å². The van der Waals surface area contributed by atoms with Crippen LogP contribution < -0.4 is 5.73 Å². The first-order valence-corrected chi connectivity index (χ1v) is 8.94. The van der Waals surface area contributed by atoms with E-state index in [9.17, 15) is 4.39 Å². The molecule has 138 valence electrons. The molecule has 6 nitrogen and oxygen atoms in total. The molecule has 2 atom stereocenters. The largest absolute Gasteiger partial charge is 0.391 e. The van der Waals surface area contributed by atoms with Gasteiger partial charge in [-0.3, -0.25) is 0 Å². The fourth-order valence-corrected chi connectivity index (χ4v) is 3.84. The van der Waals surface area contributed by atoms with E-state index in [1.54, 1.807) is 10.6 Å². The number of hydrogen-bond acceptors (Lipinski definition) is 5. The summed E-state index contributed by atoms with van der Waals surface area (Å²) < 4.78 is 20.5. The molecule has 1 aliphatic carbocycles. The first kappa shape index (κ1) is 18.1. The summed E-state index contributed by atoms with van der Waals surface area (Å²) in [6.07, 6.45) is 6.60. The van der Waals surface area contributed by atoms with Gasteiger partial charge in [0.1, 0.15) is 5.52 Å². The standard InChI is InChI=1S/C13H17FN4.C5H10O2/c1-13(2)5-3-4-8(13)10-6-9(14)11-7-16-12(15)17-18(10)11;6-5-2-1-3-7-4-5/h6-8H,3-5H2,1-2H3,(H2,15,17);5-6H,1-4H2. The number of nitrogens with two attached hydrogens (primary N) is 1. The lowest BCUT2D eigenvalue weighted by Gasteiger charge is -2.26. The molecule has 2 fully saturated rings. The zero-order valence-electron chi connectivity index (χ0n) is 14.9. The number of aromatic nitrogens is 3. The highest BCUT2D eigenvalue weighted by molar-refractivity contribution is 5.50. The van der Waals surface area contributed by atoms with Gasteiger partial charge in [-0.25, -0.2) is 13.9 Å². The van der Waals surface area contributed by atoms with E-state index in [1.807, 2.05) is 0 Å². The summed E-state index contributed by atoms with van der Waals surface area (Å²) in [5.41, 5.74) is 7.10. The van der Waals surface area contributed by atoms with E-state index in [0.717, 1.165) is 38.0 Å². The van der Waals surface area contributed by atoms with Gasteiger partial charge in [0, 0.05) is 18.2 Å². The van der Waals surface area contributed by atoms with Gasteiger partial charge in [0.2, 0.25) is 5.95 Å². The zero-order chi connectivity index (χ0) is 18.0. The van der Waals surface area contributed by atoms with Gasteiger partial charge in [0.15, 0.2) is 5.82 Å². The number of fused-ring (bicyclic) bond motifs is 1. The Bertz CT molecular complexity index is 725. The highest BCUT2D eigenvalue weighted by Crippen LogP contribution is 2.49. The lowest BCUT2D eigenvalue weighted by Crippen LogP contribution is -2.21. The fourth-order valence-electron chi connectivity index (χ4n) is 3.84. The van der Waals surface area contributed by atoms with Gasteiger partial charge < -0.3 is 15.6 Å². The number of aliphatic hydroxyl groups is 1. The Hall–Kier alpha value is -1.73. The zero-order valence-corrected chi connectivity index (χ0v) is 14.9. The molecule has 0 bridgehead atoms. The van der Waals surface area contributed by atoms with Crippen molar-refractivity contribution in [3.63, 3.8) is 0 Å². The predicted molar refractivity (Wildman–Crippen MR) is 93.8 cm³/mol. The summed E-state index contributed by atoms with van der Waals surface area (Å²) >= 11 is 0. The van der Waals surface area contributed by atoms with Gasteiger partial charge in [-0.1, -0.05) is 20.3 Å². The van der Waals surface area contributed by atoms with Gasteiger partial charge in [-0.15, -0.1) is 5.10 Å². The molecule has 1 aliphatic heterocycles. The average Bonchev–Trinajstić information content (AvgIpc) is 3.07. The quantitative estimate of drug-likeness (QED) is 0.826. The molecule has 7 heteroatoms. The highest BCUT2D eigenvalue weighted by atomic mass is 19.1. The maximum absolute atomic E-state index is 13.9. The summed E-state index contributed by atoms with van der Waals surface area (Å²) in [7, 11) is 0. The number of nitrogen functional groups attached to an aromatic ring is 1. The summed E-state index contributed by atoms with van der Waals surface area (Å²) in [6.45, 7) is 5.83. The first-order valence-electron chi connectivity index (χ1n) is 8.94. The molecule has 2 aliphatic rings. The minimum atomic E-state index is -0.271. The molecule has 4 rings (SSSR count). The van der Waals surface area contributed by atoms with E-state index < -0.39 is 0 Å². The van der Waals surface area contributed by atoms with Crippen LogP contribution in [0, 0.1) is 11.2 Å². The highest BCUT2D eigenvalue weighted by Gasteiger charge is 2.37. The monoisotopic (exact) mass is 350 g/mol. The molecular weight excluding hydrogens is 323 g/mol. The Morgan fingerprint density at radius 2 is 2.16 bits per heavy atom. The molecule has 2 unspecified atom stereocenters. The molecule has 0 spiro atoms. The number of ether oxygens (including phenoxy) is 1. The average molecular weight is 350 g/mol. The van der Waals surface area contributed by atoms with E-state index in [4.69, 9.17) is 15.6 Å². The number of nitrogens with zero attached hydrogens (tertiary/aromatic N) is 3. The van der Waals surface area contributed by atoms with Gasteiger partial charge in [0.25, 0.3) is 0 Å². The lowest BCUT2D eigenvalue weighted by atomic mass is 9.80. The molecule has 0 amide bonds. The van der Waals surface area contributed by atoms with Crippen LogP contribution >= 0.6 is 0 Å². The van der Waals surface area contributed by atoms with Crippen molar-refractivity contribution < 1.29 is 14.2 Å². The van der Waals surface area contributed by atoms with E-state index in [-0.39, 0.29) is 23.3 Å². The SMILES string of the molecule is CC1(C)CCCC1c1cc(F)c2cnc(N)nn12.OC1CCCOC1. The summed E-state index contributed by atoms with van der Waals surface area (Å²) in [5.74, 6) is 0.228. The molecule has 1 saturated carbocycles. The van der Waals surface area contributed by atoms with Crippen molar-refractivity contribution in [2.75, 3.05) is 18.9 Å². The van der Waals surface area contributed by atoms with E-state index in [0.29, 0.717) is 18.0 Å². The molecule has 2 aromatic rings. The molecule has 3 N–H and O–H groups in total. The van der Waals surface area contributed by atoms with Crippen molar-refractivity contribution in [1.82, 2.24) is 14.6 Å². The molecule has 1 saturated heterocycles. The third-order valence-corrected chi connectivity index (χ3v) is 5.26. The Morgan fingerprint density at radius 1 is 1.36 bits per heavy atom. The topological polar surface area (TPSA) is 85.7 Å². The fraction of sp³-hybridized carbons (Fsp3) is 0.667. The van der Waals surface area contributed by atoms with E-state index >= 15 is 0 Å². The molecule has 3 heterocycles. The number of aliphatic hydroxyl groups excluding tert-OH is 1. The van der Waals surface area contributed by atoms with Crippen LogP contribution in [-0.2, 0) is 4.74 Å². The van der Waals surface area contributed by atoms with Crippen LogP contribution in [0.3, 0.4) is 0 Å². The minimum absolute atomic E-state index is 0.176. The maximum Gasteiger partial charge on any atom is 0.238 e. The Morgan fingerprint density at radius 3 is 2.72 bits per heavy atom. The first-order chi connectivity index (χ1) is 11.9. The number of anilines is 1. The van der Waals surface area contributed by atoms with E-state index in [2.05, 4.69) is 23.9 Å². The third-order valence-electron chi connectivity index (χ3n) is 5.26. The van der Waals surface area contributed by atoms with Crippen LogP contribution in [0.15, 0.2) is 12.3 Å². The van der Waals surface area contributed by atoms with Crippen LogP contribution in [0.5, 0.6) is 0 Å². The van der Waals surface area contributed by atoms with Gasteiger partial charge >= 0.3 is 0 Å². The van der Waals surface area contributed by atoms with Gasteiger partial charge in [-0.05, 0) is 37.2 Å². The predicted octanol–water partition coefficient (Wildman–Crippen LogP) is 2.90. The molecular formula is C18H27FN4O2. The second-order valence-electron chi connectivity index (χ2n) is 7.63.